The second kappa shape index (κ2) is 5.61. The molecule has 5 heteroatoms. The number of carbonyl (C=O) groups is 1. The minimum absolute atomic E-state index is 0.312. The van der Waals surface area contributed by atoms with E-state index in [1.807, 2.05) is 36.2 Å². The molecule has 5 nitrogen and oxygen atoms in total. The smallest absolute Gasteiger partial charge is 0.252 e. The molecular weight excluding hydrogens is 252 g/mol. The zero-order chi connectivity index (χ0) is 14.7. The van der Waals surface area contributed by atoms with Crippen LogP contribution in [0.3, 0.4) is 0 Å². The number of benzene rings is 1. The van der Waals surface area contributed by atoms with Crippen molar-refractivity contribution in [2.45, 2.75) is 13.3 Å². The Bertz CT molecular complexity index is 622. The van der Waals surface area contributed by atoms with Crippen LogP contribution in [-0.4, -0.2) is 17.9 Å². The minimum atomic E-state index is -0.545. The fourth-order valence-corrected chi connectivity index (χ4v) is 2.00. The number of nitrogen functional groups attached to an aromatic ring is 1. The van der Waals surface area contributed by atoms with Gasteiger partial charge in [-0.1, -0.05) is 19.1 Å². The van der Waals surface area contributed by atoms with E-state index in [2.05, 4.69) is 11.9 Å². The van der Waals surface area contributed by atoms with E-state index in [9.17, 15) is 4.79 Å². The maximum Gasteiger partial charge on any atom is 0.252 e. The number of aryl methyl sites for hydroxylation is 1. The third-order valence-corrected chi connectivity index (χ3v) is 3.20. The van der Waals surface area contributed by atoms with Crippen LogP contribution < -0.4 is 16.4 Å². The summed E-state index contributed by atoms with van der Waals surface area (Å²) in [7, 11) is 1.84. The van der Waals surface area contributed by atoms with Crippen molar-refractivity contribution < 1.29 is 4.79 Å². The largest absolute Gasteiger partial charge is 0.397 e. The molecule has 0 bridgehead atoms. The van der Waals surface area contributed by atoms with Gasteiger partial charge in [0.2, 0.25) is 0 Å². The van der Waals surface area contributed by atoms with E-state index in [1.165, 1.54) is 11.8 Å². The number of pyridine rings is 1. The highest BCUT2D eigenvalue weighted by molar-refractivity contribution is 5.99. The Labute approximate surface area is 118 Å². The van der Waals surface area contributed by atoms with Gasteiger partial charge in [-0.15, -0.1) is 0 Å². The maximum absolute atomic E-state index is 11.5. The van der Waals surface area contributed by atoms with Crippen LogP contribution in [0.2, 0.25) is 0 Å². The van der Waals surface area contributed by atoms with Crippen molar-refractivity contribution in [3.8, 4) is 0 Å². The predicted octanol–water partition coefficient (Wildman–Crippen LogP) is 2.09. The lowest BCUT2D eigenvalue weighted by molar-refractivity contribution is 0.100. The highest BCUT2D eigenvalue weighted by Crippen LogP contribution is 2.26. The van der Waals surface area contributed by atoms with Crippen LogP contribution >= 0.6 is 0 Å². The second-order valence-electron chi connectivity index (χ2n) is 4.58. The average Bonchev–Trinajstić information content (AvgIpc) is 2.46. The molecule has 0 saturated carbocycles. The molecule has 104 valence electrons. The summed E-state index contributed by atoms with van der Waals surface area (Å²) in [6, 6.07) is 9.62. The lowest BCUT2D eigenvalue weighted by atomic mass is 10.1. The van der Waals surface area contributed by atoms with Gasteiger partial charge in [-0.3, -0.25) is 4.79 Å². The Morgan fingerprint density at radius 3 is 2.50 bits per heavy atom. The first-order chi connectivity index (χ1) is 9.52. The number of anilines is 3. The summed E-state index contributed by atoms with van der Waals surface area (Å²) in [5, 5.41) is 0. The van der Waals surface area contributed by atoms with Gasteiger partial charge in [0.1, 0.15) is 5.82 Å². The number of nitrogens with two attached hydrogens (primary N) is 2. The highest BCUT2D eigenvalue weighted by Gasteiger charge is 2.15. The summed E-state index contributed by atoms with van der Waals surface area (Å²) in [5.41, 5.74) is 13.9. The molecule has 2 rings (SSSR count). The van der Waals surface area contributed by atoms with Crippen LogP contribution in [0.25, 0.3) is 0 Å². The predicted molar refractivity (Wildman–Crippen MR) is 81.1 cm³/mol. The number of rotatable bonds is 4. The van der Waals surface area contributed by atoms with E-state index >= 15 is 0 Å². The Hall–Kier alpha value is -2.56. The van der Waals surface area contributed by atoms with Crippen LogP contribution in [0.5, 0.6) is 0 Å². The van der Waals surface area contributed by atoms with Gasteiger partial charge in [-0.25, -0.2) is 4.98 Å². The molecule has 1 aromatic heterocycles. The summed E-state index contributed by atoms with van der Waals surface area (Å²) in [5.74, 6) is -0.0484. The number of hydrogen-bond donors (Lipinski definition) is 2. The number of nitrogens with zero attached hydrogens (tertiary/aromatic N) is 2. The summed E-state index contributed by atoms with van der Waals surface area (Å²) in [6.07, 6.45) is 2.50. The average molecular weight is 270 g/mol. The number of hydrogen-bond acceptors (Lipinski definition) is 4. The van der Waals surface area contributed by atoms with E-state index in [-0.39, 0.29) is 0 Å². The molecule has 0 aliphatic heterocycles. The second-order valence-corrected chi connectivity index (χ2v) is 4.58. The quantitative estimate of drug-likeness (QED) is 0.890. The molecule has 1 heterocycles. The van der Waals surface area contributed by atoms with E-state index in [4.69, 9.17) is 11.5 Å². The summed E-state index contributed by atoms with van der Waals surface area (Å²) in [6.45, 7) is 2.10. The lowest BCUT2D eigenvalue weighted by Crippen LogP contribution is -2.20. The van der Waals surface area contributed by atoms with Gasteiger partial charge in [-0.05, 0) is 30.2 Å². The van der Waals surface area contributed by atoms with E-state index in [0.29, 0.717) is 17.1 Å². The molecule has 1 aromatic carbocycles. The first-order valence-corrected chi connectivity index (χ1v) is 6.41. The first kappa shape index (κ1) is 13.9. The highest BCUT2D eigenvalue weighted by atomic mass is 16.1. The van der Waals surface area contributed by atoms with Crippen molar-refractivity contribution in [1.82, 2.24) is 4.98 Å². The molecule has 0 aliphatic carbocycles. The number of primary amides is 1. The van der Waals surface area contributed by atoms with Crippen molar-refractivity contribution in [3.63, 3.8) is 0 Å². The van der Waals surface area contributed by atoms with Gasteiger partial charge < -0.3 is 16.4 Å². The molecule has 0 fully saturated rings. The van der Waals surface area contributed by atoms with E-state index in [0.717, 1.165) is 12.1 Å². The normalized spacial score (nSPS) is 10.3. The Balaban J connectivity index is 2.41. The zero-order valence-electron chi connectivity index (χ0n) is 11.6. The number of aromatic nitrogens is 1. The van der Waals surface area contributed by atoms with Crippen molar-refractivity contribution in [1.29, 1.82) is 0 Å². The SMILES string of the molecule is CCc1ccc(N(C)c2ncc(N)cc2C(N)=O)cc1. The van der Waals surface area contributed by atoms with Crippen molar-refractivity contribution in [2.75, 3.05) is 17.7 Å². The molecule has 20 heavy (non-hydrogen) atoms. The van der Waals surface area contributed by atoms with Crippen LogP contribution in [0.1, 0.15) is 22.8 Å². The van der Waals surface area contributed by atoms with Crippen molar-refractivity contribution in [2.24, 2.45) is 5.73 Å². The minimum Gasteiger partial charge on any atom is -0.397 e. The molecule has 0 aliphatic rings. The zero-order valence-corrected chi connectivity index (χ0v) is 11.6. The van der Waals surface area contributed by atoms with Crippen LogP contribution in [0.15, 0.2) is 36.5 Å². The van der Waals surface area contributed by atoms with Gasteiger partial charge in [0.05, 0.1) is 17.4 Å². The molecule has 1 amide bonds. The monoisotopic (exact) mass is 270 g/mol. The van der Waals surface area contributed by atoms with Crippen LogP contribution in [-0.2, 0) is 6.42 Å². The Morgan fingerprint density at radius 2 is 1.95 bits per heavy atom. The first-order valence-electron chi connectivity index (χ1n) is 6.41. The van der Waals surface area contributed by atoms with Gasteiger partial charge in [0.15, 0.2) is 0 Å². The topological polar surface area (TPSA) is 85.2 Å². The lowest BCUT2D eigenvalue weighted by Gasteiger charge is -2.20. The molecule has 4 N–H and O–H groups in total. The van der Waals surface area contributed by atoms with Crippen LogP contribution in [0, 0.1) is 0 Å². The van der Waals surface area contributed by atoms with Crippen molar-refractivity contribution in [3.05, 3.63) is 47.7 Å². The number of carbonyl (C=O) groups excluding carboxylic acids is 1. The summed E-state index contributed by atoms with van der Waals surface area (Å²) in [4.78, 5) is 17.5. The molecular formula is C15H18N4O. The molecule has 0 unspecified atom stereocenters. The van der Waals surface area contributed by atoms with E-state index < -0.39 is 5.91 Å². The number of amides is 1. The molecule has 0 spiro atoms. The molecule has 0 radical (unpaired) electrons. The fourth-order valence-electron chi connectivity index (χ4n) is 2.00. The summed E-state index contributed by atoms with van der Waals surface area (Å²) < 4.78 is 0. The van der Waals surface area contributed by atoms with Gasteiger partial charge in [0.25, 0.3) is 5.91 Å². The Kier molecular flexibility index (Phi) is 3.89. The van der Waals surface area contributed by atoms with Crippen LogP contribution in [0.4, 0.5) is 17.2 Å². The Morgan fingerprint density at radius 1 is 1.30 bits per heavy atom. The van der Waals surface area contributed by atoms with Gasteiger partial charge >= 0.3 is 0 Å². The van der Waals surface area contributed by atoms with Gasteiger partial charge in [0, 0.05) is 12.7 Å². The van der Waals surface area contributed by atoms with Crippen molar-refractivity contribution >= 4 is 23.1 Å². The van der Waals surface area contributed by atoms with Gasteiger partial charge in [-0.2, -0.15) is 0 Å². The molecule has 0 atom stereocenters. The molecule has 2 aromatic rings. The molecule has 0 saturated heterocycles. The standard InChI is InChI=1S/C15H18N4O/c1-3-10-4-6-12(7-5-10)19(2)15-13(14(17)20)8-11(16)9-18-15/h4-9H,3,16H2,1-2H3,(H2,17,20). The maximum atomic E-state index is 11.5. The van der Waals surface area contributed by atoms with E-state index in [1.54, 1.807) is 6.07 Å². The summed E-state index contributed by atoms with van der Waals surface area (Å²) >= 11 is 0. The third kappa shape index (κ3) is 2.71. The third-order valence-electron chi connectivity index (χ3n) is 3.20. The fraction of sp³-hybridized carbons (Fsp3) is 0.200.